The second-order valence-corrected chi connectivity index (χ2v) is 7.89. The number of rotatable bonds is 8. The van der Waals surface area contributed by atoms with Crippen LogP contribution in [0, 0.1) is 11.8 Å². The highest BCUT2D eigenvalue weighted by molar-refractivity contribution is 5.93. The van der Waals surface area contributed by atoms with Gasteiger partial charge in [0.1, 0.15) is 0 Å². The van der Waals surface area contributed by atoms with Crippen molar-refractivity contribution >= 4 is 35.6 Å². The molecule has 162 valence electrons. The Morgan fingerprint density at radius 3 is 1.42 bits per heavy atom. The lowest BCUT2D eigenvalue weighted by Crippen LogP contribution is -2.25. The molecule has 0 saturated heterocycles. The fraction of sp³-hybridized carbons (Fsp3) is 0.304. The molecule has 2 aromatic rings. The summed E-state index contributed by atoms with van der Waals surface area (Å²) in [5, 5.41) is 7.98. The normalized spacial score (nSPS) is 17.5. The molecular formula is C23H28N6O2. The van der Waals surface area contributed by atoms with Gasteiger partial charge < -0.3 is 9.80 Å². The average molecular weight is 421 g/mol. The van der Waals surface area contributed by atoms with Crippen LogP contribution in [0.4, 0.5) is 11.4 Å². The molecule has 2 N–H and O–H groups in total. The zero-order valence-corrected chi connectivity index (χ0v) is 18.2. The number of benzene rings is 2. The van der Waals surface area contributed by atoms with E-state index in [1.54, 1.807) is 12.4 Å². The Morgan fingerprint density at radius 1 is 0.742 bits per heavy atom. The van der Waals surface area contributed by atoms with E-state index in [2.05, 4.69) is 21.1 Å². The topological polar surface area (TPSA) is 89.4 Å². The second-order valence-electron chi connectivity index (χ2n) is 7.89. The first-order valence-electron chi connectivity index (χ1n) is 10.1. The van der Waals surface area contributed by atoms with Crippen molar-refractivity contribution < 1.29 is 9.59 Å². The molecule has 0 aliphatic heterocycles. The van der Waals surface area contributed by atoms with E-state index in [1.165, 1.54) is 0 Å². The maximum atomic E-state index is 12.2. The summed E-state index contributed by atoms with van der Waals surface area (Å²) < 4.78 is 0. The van der Waals surface area contributed by atoms with Crippen LogP contribution in [0.1, 0.15) is 17.5 Å². The highest BCUT2D eigenvalue weighted by Crippen LogP contribution is 2.38. The molecule has 3 rings (SSSR count). The number of nitrogens with one attached hydrogen (secondary N) is 2. The first-order chi connectivity index (χ1) is 14.8. The number of hydrogen-bond donors (Lipinski definition) is 2. The number of amides is 2. The third-order valence-electron chi connectivity index (χ3n) is 5.06. The van der Waals surface area contributed by atoms with Gasteiger partial charge in [0, 0.05) is 39.6 Å². The molecule has 0 heterocycles. The van der Waals surface area contributed by atoms with Crippen LogP contribution in [0.3, 0.4) is 0 Å². The Morgan fingerprint density at radius 2 is 1.10 bits per heavy atom. The Hall–Kier alpha value is -3.68. The molecule has 0 unspecified atom stereocenters. The zero-order valence-electron chi connectivity index (χ0n) is 18.2. The summed E-state index contributed by atoms with van der Waals surface area (Å²) in [6.45, 7) is 0. The summed E-state index contributed by atoms with van der Waals surface area (Å²) in [5.74, 6) is -1.26. The van der Waals surface area contributed by atoms with Crippen LogP contribution in [0.25, 0.3) is 0 Å². The average Bonchev–Trinajstić information content (AvgIpc) is 3.55. The molecule has 1 aliphatic rings. The molecule has 1 aliphatic carbocycles. The lowest BCUT2D eigenvalue weighted by molar-refractivity contribution is -0.127. The third kappa shape index (κ3) is 6.15. The van der Waals surface area contributed by atoms with E-state index < -0.39 is 0 Å². The maximum absolute atomic E-state index is 12.2. The Bertz CT molecular complexity index is 885. The molecule has 0 bridgehead atoms. The predicted octanol–water partition coefficient (Wildman–Crippen LogP) is 2.06. The monoisotopic (exact) mass is 420 g/mol. The van der Waals surface area contributed by atoms with Gasteiger partial charge in [-0.15, -0.1) is 0 Å². The smallest absolute Gasteiger partial charge is 0.244 e. The third-order valence-corrected chi connectivity index (χ3v) is 5.06. The Kier molecular flexibility index (Phi) is 7.02. The van der Waals surface area contributed by atoms with Gasteiger partial charge in [0.15, 0.2) is 0 Å². The highest BCUT2D eigenvalue weighted by Gasteiger charge is 2.48. The van der Waals surface area contributed by atoms with E-state index in [0.717, 1.165) is 22.5 Å². The summed E-state index contributed by atoms with van der Waals surface area (Å²) in [7, 11) is 7.89. The van der Waals surface area contributed by atoms with Gasteiger partial charge in [-0.25, -0.2) is 10.9 Å². The van der Waals surface area contributed by atoms with E-state index in [9.17, 15) is 9.59 Å². The van der Waals surface area contributed by atoms with Crippen molar-refractivity contribution in [1.29, 1.82) is 0 Å². The van der Waals surface area contributed by atoms with Crippen LogP contribution in [-0.4, -0.2) is 52.4 Å². The van der Waals surface area contributed by atoms with Crippen LogP contribution in [0.15, 0.2) is 58.7 Å². The molecule has 2 atom stereocenters. The number of hydrogen-bond acceptors (Lipinski definition) is 6. The summed E-state index contributed by atoms with van der Waals surface area (Å²) in [6.07, 6.45) is 3.67. The summed E-state index contributed by atoms with van der Waals surface area (Å²) in [4.78, 5) is 28.4. The van der Waals surface area contributed by atoms with Gasteiger partial charge in [-0.2, -0.15) is 10.2 Å². The number of carbonyl (C=O) groups is 2. The van der Waals surface area contributed by atoms with E-state index in [4.69, 9.17) is 0 Å². The van der Waals surface area contributed by atoms with Crippen LogP contribution in [-0.2, 0) is 9.59 Å². The summed E-state index contributed by atoms with van der Waals surface area (Å²) in [6, 6.07) is 15.6. The number of nitrogens with zero attached hydrogens (tertiary/aromatic N) is 4. The van der Waals surface area contributed by atoms with Crippen molar-refractivity contribution in [3.8, 4) is 0 Å². The number of carbonyl (C=O) groups excluding carboxylic acids is 2. The quantitative estimate of drug-likeness (QED) is 0.505. The molecule has 1 saturated carbocycles. The lowest BCUT2D eigenvalue weighted by atomic mass is 10.2. The Labute approximate surface area is 182 Å². The van der Waals surface area contributed by atoms with Crippen molar-refractivity contribution in [3.05, 3.63) is 59.7 Å². The number of anilines is 2. The molecular weight excluding hydrogens is 392 g/mol. The van der Waals surface area contributed by atoms with Crippen molar-refractivity contribution in [1.82, 2.24) is 10.9 Å². The molecule has 2 amide bonds. The molecule has 0 spiro atoms. The first-order valence-corrected chi connectivity index (χ1v) is 10.1. The minimum atomic E-state index is -0.372. The standard InChI is InChI=1S/C23H28N6O2/c1-28(2)18-9-5-16(6-10-18)14-24-26-22(30)20-13-21(20)23(31)27-25-15-17-7-11-19(12-8-17)29(3)4/h5-12,14-15,20-21H,13H2,1-4H3,(H,26,30)(H,27,31)/t20-,21-/m1/s1. The van der Waals surface area contributed by atoms with E-state index in [0.29, 0.717) is 6.42 Å². The van der Waals surface area contributed by atoms with Crippen LogP contribution in [0.5, 0.6) is 0 Å². The number of hydrazone groups is 2. The summed E-state index contributed by atoms with van der Waals surface area (Å²) in [5.41, 5.74) is 8.94. The molecule has 2 aromatic carbocycles. The second kappa shape index (κ2) is 9.88. The van der Waals surface area contributed by atoms with Gasteiger partial charge in [-0.05, 0) is 41.8 Å². The zero-order chi connectivity index (χ0) is 22.4. The van der Waals surface area contributed by atoms with Gasteiger partial charge in [-0.3, -0.25) is 9.59 Å². The minimum absolute atomic E-state index is 0.260. The highest BCUT2D eigenvalue weighted by atomic mass is 16.2. The molecule has 1 fully saturated rings. The Balaban J connectivity index is 1.42. The van der Waals surface area contributed by atoms with Crippen molar-refractivity contribution in [2.75, 3.05) is 38.0 Å². The van der Waals surface area contributed by atoms with Gasteiger partial charge >= 0.3 is 0 Å². The van der Waals surface area contributed by atoms with Gasteiger partial charge in [-0.1, -0.05) is 24.3 Å². The van der Waals surface area contributed by atoms with Crippen molar-refractivity contribution in [2.24, 2.45) is 22.0 Å². The molecule has 8 heteroatoms. The van der Waals surface area contributed by atoms with Gasteiger partial charge in [0.2, 0.25) is 11.8 Å². The molecule has 0 radical (unpaired) electrons. The minimum Gasteiger partial charge on any atom is -0.378 e. The van der Waals surface area contributed by atoms with Crippen LogP contribution >= 0.6 is 0 Å². The maximum Gasteiger partial charge on any atom is 0.244 e. The predicted molar refractivity (Wildman–Crippen MR) is 125 cm³/mol. The van der Waals surface area contributed by atoms with Crippen molar-refractivity contribution in [3.63, 3.8) is 0 Å². The van der Waals surface area contributed by atoms with Crippen LogP contribution < -0.4 is 20.7 Å². The lowest BCUT2D eigenvalue weighted by Gasteiger charge is -2.11. The van der Waals surface area contributed by atoms with E-state index in [-0.39, 0.29) is 23.7 Å². The van der Waals surface area contributed by atoms with Gasteiger partial charge in [0.25, 0.3) is 0 Å². The first kappa shape index (κ1) is 22.0. The SMILES string of the molecule is CN(C)c1ccc(C=NNC(=O)[C@@H]2C[C@H]2C(=O)NN=Cc2ccc(N(C)C)cc2)cc1. The fourth-order valence-corrected chi connectivity index (χ4v) is 3.00. The van der Waals surface area contributed by atoms with Gasteiger partial charge in [0.05, 0.1) is 24.3 Å². The van der Waals surface area contributed by atoms with Crippen LogP contribution in [0.2, 0.25) is 0 Å². The largest absolute Gasteiger partial charge is 0.378 e. The molecule has 0 aromatic heterocycles. The van der Waals surface area contributed by atoms with Crippen molar-refractivity contribution in [2.45, 2.75) is 6.42 Å². The summed E-state index contributed by atoms with van der Waals surface area (Å²) >= 11 is 0. The fourth-order valence-electron chi connectivity index (χ4n) is 3.00. The molecule has 31 heavy (non-hydrogen) atoms. The van der Waals surface area contributed by atoms with E-state index >= 15 is 0 Å². The van der Waals surface area contributed by atoms with E-state index in [1.807, 2.05) is 86.5 Å². The molecule has 8 nitrogen and oxygen atoms in total.